The molecular weight excluding hydrogens is 375 g/mol. The molecule has 1 aromatic heterocycles. The van der Waals surface area contributed by atoms with Gasteiger partial charge in [0.25, 0.3) is 0 Å². The first-order chi connectivity index (χ1) is 13.1. The summed E-state index contributed by atoms with van der Waals surface area (Å²) in [5.41, 5.74) is -1.24. The Labute approximate surface area is 159 Å². The molecule has 0 aliphatic heterocycles. The molecule has 1 amide bonds. The monoisotopic (exact) mass is 397 g/mol. The average molecular weight is 397 g/mol. The Hall–Kier alpha value is -2.13. The van der Waals surface area contributed by atoms with E-state index in [1.165, 1.54) is 6.07 Å². The van der Waals surface area contributed by atoms with Crippen molar-refractivity contribution in [1.82, 2.24) is 9.55 Å². The van der Waals surface area contributed by atoms with E-state index in [9.17, 15) is 28.2 Å². The maximum atomic E-state index is 13.0. The Kier molecular flexibility index (Phi) is 4.62. The highest BCUT2D eigenvalue weighted by Gasteiger charge is 2.36. The van der Waals surface area contributed by atoms with Gasteiger partial charge in [-0.2, -0.15) is 13.2 Å². The number of rotatable bonds is 4. The summed E-state index contributed by atoms with van der Waals surface area (Å²) in [4.78, 5) is 16.7. The fourth-order valence-electron chi connectivity index (χ4n) is 3.85. The quantitative estimate of drug-likeness (QED) is 0.738. The number of carbonyl (C=O) groups excluding carboxylic acids is 1. The fraction of sp³-hybridized carbons (Fsp3) is 0.579. The minimum Gasteiger partial charge on any atom is -0.393 e. The van der Waals surface area contributed by atoms with Gasteiger partial charge in [0.05, 0.1) is 34.7 Å². The number of halogens is 3. The summed E-state index contributed by atoms with van der Waals surface area (Å²) in [5.74, 6) is -0.228. The number of nitrogens with zero attached hydrogens (tertiary/aromatic N) is 2. The smallest absolute Gasteiger partial charge is 0.393 e. The number of anilines is 1. The van der Waals surface area contributed by atoms with Crippen LogP contribution in [0.5, 0.6) is 0 Å². The van der Waals surface area contributed by atoms with Gasteiger partial charge in [-0.25, -0.2) is 4.98 Å². The summed E-state index contributed by atoms with van der Waals surface area (Å²) in [7, 11) is 0. The van der Waals surface area contributed by atoms with Gasteiger partial charge in [0.1, 0.15) is 0 Å². The maximum absolute atomic E-state index is 13.0. The van der Waals surface area contributed by atoms with E-state index in [1.54, 1.807) is 4.57 Å². The van der Waals surface area contributed by atoms with Crippen molar-refractivity contribution in [3.63, 3.8) is 0 Å². The second-order valence-corrected chi connectivity index (χ2v) is 7.92. The van der Waals surface area contributed by atoms with Gasteiger partial charge in [0, 0.05) is 6.04 Å². The zero-order chi connectivity index (χ0) is 20.1. The number of aliphatic hydroxyl groups excluding tert-OH is 1. The number of aliphatic hydroxyl groups is 2. The number of alkyl halides is 3. The first-order valence-corrected chi connectivity index (χ1v) is 9.44. The molecule has 0 saturated heterocycles. The second-order valence-electron chi connectivity index (χ2n) is 7.92. The normalized spacial score (nSPS) is 25.8. The highest BCUT2D eigenvalue weighted by Crippen LogP contribution is 2.41. The lowest BCUT2D eigenvalue weighted by Crippen LogP contribution is -2.39. The van der Waals surface area contributed by atoms with Crippen molar-refractivity contribution in [2.45, 2.75) is 68.9 Å². The van der Waals surface area contributed by atoms with E-state index < -0.39 is 29.4 Å². The van der Waals surface area contributed by atoms with Crippen molar-refractivity contribution in [1.29, 1.82) is 0 Å². The van der Waals surface area contributed by atoms with Gasteiger partial charge in [-0.1, -0.05) is 0 Å². The van der Waals surface area contributed by atoms with Crippen molar-refractivity contribution >= 4 is 22.9 Å². The Morgan fingerprint density at radius 3 is 2.54 bits per heavy atom. The number of fused-ring (bicyclic) bond motifs is 1. The van der Waals surface area contributed by atoms with Crippen molar-refractivity contribution in [3.8, 4) is 0 Å². The second kappa shape index (κ2) is 6.73. The van der Waals surface area contributed by atoms with E-state index >= 15 is 0 Å². The molecule has 2 aliphatic rings. The highest BCUT2D eigenvalue weighted by atomic mass is 19.4. The molecule has 0 radical (unpaired) electrons. The van der Waals surface area contributed by atoms with E-state index in [0.717, 1.165) is 25.0 Å². The molecule has 28 heavy (non-hydrogen) atoms. The van der Waals surface area contributed by atoms with Crippen LogP contribution in [-0.2, 0) is 11.0 Å². The minimum absolute atomic E-state index is 0.102. The number of benzene rings is 1. The molecule has 2 aliphatic carbocycles. The molecule has 2 aromatic rings. The largest absolute Gasteiger partial charge is 0.416 e. The molecule has 1 aromatic carbocycles. The van der Waals surface area contributed by atoms with Crippen LogP contribution in [0, 0.1) is 0 Å². The zero-order valence-corrected chi connectivity index (χ0v) is 15.2. The predicted octanol–water partition coefficient (Wildman–Crippen LogP) is 3.38. The summed E-state index contributed by atoms with van der Waals surface area (Å²) < 4.78 is 40.7. The summed E-state index contributed by atoms with van der Waals surface area (Å²) in [6.45, 7) is 0. The van der Waals surface area contributed by atoms with Crippen LogP contribution in [0.1, 0.15) is 56.6 Å². The van der Waals surface area contributed by atoms with E-state index in [0.29, 0.717) is 31.2 Å². The first-order valence-electron chi connectivity index (χ1n) is 9.44. The minimum atomic E-state index is -4.46. The lowest BCUT2D eigenvalue weighted by Gasteiger charge is -2.33. The van der Waals surface area contributed by atoms with Crippen LogP contribution >= 0.6 is 0 Å². The molecule has 1 heterocycles. The van der Waals surface area contributed by atoms with Gasteiger partial charge < -0.3 is 14.8 Å². The van der Waals surface area contributed by atoms with Crippen molar-refractivity contribution in [2.75, 3.05) is 5.32 Å². The summed E-state index contributed by atoms with van der Waals surface area (Å²) in [6.07, 6.45) is -1.78. The summed E-state index contributed by atoms with van der Waals surface area (Å²) >= 11 is 0. The summed E-state index contributed by atoms with van der Waals surface area (Å²) in [6, 6.07) is 3.49. The molecule has 6 nitrogen and oxygen atoms in total. The van der Waals surface area contributed by atoms with Crippen LogP contribution in [0.3, 0.4) is 0 Å². The SMILES string of the molecule is O=C(CC1(O)CCC(O)CC1)Nc1nc2cc(C(F)(F)F)ccc2n1C1CC1. The van der Waals surface area contributed by atoms with Crippen molar-refractivity contribution in [2.24, 2.45) is 0 Å². The topological polar surface area (TPSA) is 87.4 Å². The number of nitrogens with one attached hydrogen (secondary N) is 1. The molecule has 0 unspecified atom stereocenters. The van der Waals surface area contributed by atoms with Crippen LogP contribution < -0.4 is 5.32 Å². The van der Waals surface area contributed by atoms with Crippen LogP contribution in [0.15, 0.2) is 18.2 Å². The van der Waals surface area contributed by atoms with Crippen LogP contribution in [0.2, 0.25) is 0 Å². The fourth-order valence-corrected chi connectivity index (χ4v) is 3.85. The number of hydrogen-bond acceptors (Lipinski definition) is 4. The van der Waals surface area contributed by atoms with Crippen molar-refractivity contribution < 1.29 is 28.2 Å². The number of amides is 1. The molecule has 152 valence electrons. The third-order valence-electron chi connectivity index (χ3n) is 5.56. The van der Waals surface area contributed by atoms with E-state index in [4.69, 9.17) is 0 Å². The van der Waals surface area contributed by atoms with Crippen LogP contribution in [0.4, 0.5) is 19.1 Å². The highest BCUT2D eigenvalue weighted by molar-refractivity contribution is 5.92. The molecule has 0 atom stereocenters. The Morgan fingerprint density at radius 1 is 1.25 bits per heavy atom. The third kappa shape index (κ3) is 3.86. The van der Waals surface area contributed by atoms with Gasteiger partial charge in [-0.3, -0.25) is 10.1 Å². The lowest BCUT2D eigenvalue weighted by atomic mass is 9.81. The van der Waals surface area contributed by atoms with Gasteiger partial charge in [0.15, 0.2) is 0 Å². The zero-order valence-electron chi connectivity index (χ0n) is 15.2. The maximum Gasteiger partial charge on any atom is 0.416 e. The molecule has 0 spiro atoms. The predicted molar refractivity (Wildman–Crippen MR) is 95.7 cm³/mol. The van der Waals surface area contributed by atoms with Gasteiger partial charge in [-0.15, -0.1) is 0 Å². The molecule has 3 N–H and O–H groups in total. The summed E-state index contributed by atoms with van der Waals surface area (Å²) in [5, 5.41) is 22.8. The molecule has 2 saturated carbocycles. The molecule has 0 bridgehead atoms. The van der Waals surface area contributed by atoms with Crippen molar-refractivity contribution in [3.05, 3.63) is 23.8 Å². The number of carbonyl (C=O) groups is 1. The van der Waals surface area contributed by atoms with Crippen LogP contribution in [0.25, 0.3) is 11.0 Å². The van der Waals surface area contributed by atoms with Crippen LogP contribution in [-0.4, -0.2) is 37.4 Å². The van der Waals surface area contributed by atoms with Gasteiger partial charge in [0.2, 0.25) is 11.9 Å². The number of hydrogen-bond donors (Lipinski definition) is 3. The Morgan fingerprint density at radius 2 is 1.93 bits per heavy atom. The molecule has 2 fully saturated rings. The molecular formula is C19H22F3N3O3. The number of aromatic nitrogens is 2. The average Bonchev–Trinajstić information content (AvgIpc) is 3.37. The van der Waals surface area contributed by atoms with Gasteiger partial charge >= 0.3 is 6.18 Å². The molecule has 4 rings (SSSR count). The Bertz CT molecular complexity index is 897. The van der Waals surface area contributed by atoms with E-state index in [2.05, 4.69) is 10.3 Å². The van der Waals surface area contributed by atoms with E-state index in [-0.39, 0.29) is 23.9 Å². The first kappa shape index (κ1) is 19.2. The van der Waals surface area contributed by atoms with E-state index in [1.807, 2.05) is 0 Å². The van der Waals surface area contributed by atoms with Gasteiger partial charge in [-0.05, 0) is 56.7 Å². The number of imidazole rings is 1. The molecule has 9 heteroatoms. The third-order valence-corrected chi connectivity index (χ3v) is 5.56. The standard InChI is InChI=1S/C19H22F3N3O3/c20-19(21,22)11-1-4-15-14(9-11)23-17(25(15)12-2-3-12)24-16(27)10-18(28)7-5-13(26)6-8-18/h1,4,9,12-13,26,28H,2-3,5-8,10H2,(H,23,24,27). The Balaban J connectivity index is 1.57. The lowest BCUT2D eigenvalue weighted by molar-refractivity contribution is -0.137.